The lowest BCUT2D eigenvalue weighted by atomic mass is 10.2. The molecule has 20 heavy (non-hydrogen) atoms. The SMILES string of the molecule is Cc1cc(C(F)(F)F)nn1-c1c(Cl)cc(C#N)cc1Cl. The van der Waals surface area contributed by atoms with Gasteiger partial charge in [0, 0.05) is 5.69 Å². The van der Waals surface area contributed by atoms with Gasteiger partial charge in [-0.2, -0.15) is 23.5 Å². The van der Waals surface area contributed by atoms with Crippen LogP contribution < -0.4 is 0 Å². The minimum Gasteiger partial charge on any atom is -0.234 e. The molecule has 0 aliphatic heterocycles. The summed E-state index contributed by atoms with van der Waals surface area (Å²) >= 11 is 11.9. The molecular weight excluding hydrogens is 314 g/mol. The van der Waals surface area contributed by atoms with E-state index >= 15 is 0 Å². The van der Waals surface area contributed by atoms with Gasteiger partial charge in [0.25, 0.3) is 0 Å². The van der Waals surface area contributed by atoms with Gasteiger partial charge in [0.05, 0.1) is 21.7 Å². The van der Waals surface area contributed by atoms with E-state index in [1.165, 1.54) is 19.1 Å². The van der Waals surface area contributed by atoms with E-state index in [0.717, 1.165) is 10.7 Å². The number of aromatic nitrogens is 2. The Balaban J connectivity index is 2.64. The third-order valence-electron chi connectivity index (χ3n) is 2.54. The number of halogens is 5. The first-order chi connectivity index (χ1) is 9.24. The quantitative estimate of drug-likeness (QED) is 0.782. The molecule has 8 heteroatoms. The molecule has 0 aliphatic rings. The van der Waals surface area contributed by atoms with Crippen molar-refractivity contribution in [1.82, 2.24) is 9.78 Å². The highest BCUT2D eigenvalue weighted by Crippen LogP contribution is 2.34. The van der Waals surface area contributed by atoms with Crippen LogP contribution in [-0.4, -0.2) is 9.78 Å². The maximum absolute atomic E-state index is 12.6. The molecule has 0 atom stereocenters. The third kappa shape index (κ3) is 2.60. The molecule has 0 bridgehead atoms. The van der Waals surface area contributed by atoms with Crippen molar-refractivity contribution in [2.24, 2.45) is 0 Å². The van der Waals surface area contributed by atoms with Crippen molar-refractivity contribution in [3.8, 4) is 11.8 Å². The molecule has 0 spiro atoms. The summed E-state index contributed by atoms with van der Waals surface area (Å²) in [6.45, 7) is 1.45. The van der Waals surface area contributed by atoms with Gasteiger partial charge < -0.3 is 0 Å². The van der Waals surface area contributed by atoms with Gasteiger partial charge in [-0.3, -0.25) is 0 Å². The number of alkyl halides is 3. The summed E-state index contributed by atoms with van der Waals surface area (Å²) in [5, 5.41) is 12.3. The summed E-state index contributed by atoms with van der Waals surface area (Å²) in [6.07, 6.45) is -4.55. The molecule has 0 radical (unpaired) electrons. The number of hydrogen-bond acceptors (Lipinski definition) is 2. The Hall–Kier alpha value is -1.71. The first kappa shape index (κ1) is 14.7. The topological polar surface area (TPSA) is 41.6 Å². The van der Waals surface area contributed by atoms with E-state index in [-0.39, 0.29) is 27.0 Å². The molecule has 3 nitrogen and oxygen atoms in total. The Morgan fingerprint density at radius 1 is 1.20 bits per heavy atom. The second-order valence-electron chi connectivity index (χ2n) is 3.98. The van der Waals surface area contributed by atoms with E-state index in [1.807, 2.05) is 6.07 Å². The molecule has 2 rings (SSSR count). The Morgan fingerprint density at radius 3 is 2.15 bits per heavy atom. The first-order valence-corrected chi connectivity index (χ1v) is 6.03. The Morgan fingerprint density at radius 2 is 1.75 bits per heavy atom. The minimum atomic E-state index is -4.55. The van der Waals surface area contributed by atoms with E-state index in [0.29, 0.717) is 0 Å². The fourth-order valence-electron chi connectivity index (χ4n) is 1.67. The summed E-state index contributed by atoms with van der Waals surface area (Å²) in [7, 11) is 0. The number of nitriles is 1. The predicted octanol–water partition coefficient (Wildman–Crippen LogP) is 4.38. The molecule has 1 heterocycles. The molecule has 2 aromatic rings. The van der Waals surface area contributed by atoms with Crippen LogP contribution in [0, 0.1) is 18.3 Å². The highest BCUT2D eigenvalue weighted by molar-refractivity contribution is 6.37. The molecule has 0 amide bonds. The van der Waals surface area contributed by atoms with Crippen molar-refractivity contribution in [3.05, 3.63) is 45.2 Å². The lowest BCUT2D eigenvalue weighted by molar-refractivity contribution is -0.141. The van der Waals surface area contributed by atoms with Crippen molar-refractivity contribution in [1.29, 1.82) is 5.26 Å². The van der Waals surface area contributed by atoms with E-state index in [4.69, 9.17) is 28.5 Å². The Labute approximate surface area is 122 Å². The molecule has 1 aromatic heterocycles. The maximum atomic E-state index is 12.6. The van der Waals surface area contributed by atoms with E-state index in [2.05, 4.69) is 5.10 Å². The second kappa shape index (κ2) is 5.00. The van der Waals surface area contributed by atoms with Gasteiger partial charge in [0.1, 0.15) is 5.69 Å². The second-order valence-corrected chi connectivity index (χ2v) is 4.80. The van der Waals surface area contributed by atoms with Crippen LogP contribution in [0.1, 0.15) is 17.0 Å². The fourth-order valence-corrected chi connectivity index (χ4v) is 2.32. The van der Waals surface area contributed by atoms with Crippen LogP contribution in [0.2, 0.25) is 10.0 Å². The van der Waals surface area contributed by atoms with Gasteiger partial charge in [-0.05, 0) is 25.1 Å². The fraction of sp³-hybridized carbons (Fsp3) is 0.167. The van der Waals surface area contributed by atoms with Gasteiger partial charge in [0.2, 0.25) is 0 Å². The minimum absolute atomic E-state index is 0.0500. The summed E-state index contributed by atoms with van der Waals surface area (Å²) in [5.74, 6) is 0. The summed E-state index contributed by atoms with van der Waals surface area (Å²) in [6, 6.07) is 5.38. The van der Waals surface area contributed by atoms with Crippen LogP contribution in [0.4, 0.5) is 13.2 Å². The summed E-state index contributed by atoms with van der Waals surface area (Å²) in [4.78, 5) is 0. The molecule has 0 unspecified atom stereocenters. The molecule has 104 valence electrons. The molecule has 1 aromatic carbocycles. The van der Waals surface area contributed by atoms with Crippen molar-refractivity contribution >= 4 is 23.2 Å². The van der Waals surface area contributed by atoms with Crippen LogP contribution in [0.5, 0.6) is 0 Å². The number of benzene rings is 1. The standard InChI is InChI=1S/C12H6Cl2F3N3/c1-6-2-10(12(15,16)17)19-20(6)11-8(13)3-7(5-18)4-9(11)14/h2-4H,1H3. The molecule has 0 fully saturated rings. The van der Waals surface area contributed by atoms with Crippen molar-refractivity contribution in [2.45, 2.75) is 13.1 Å². The van der Waals surface area contributed by atoms with Crippen LogP contribution in [0.25, 0.3) is 5.69 Å². The molecule has 0 N–H and O–H groups in total. The van der Waals surface area contributed by atoms with Crippen LogP contribution in [0.3, 0.4) is 0 Å². The van der Waals surface area contributed by atoms with Crippen LogP contribution in [-0.2, 0) is 6.18 Å². The van der Waals surface area contributed by atoms with Gasteiger partial charge in [-0.25, -0.2) is 4.68 Å². The Bertz CT molecular complexity index is 691. The highest BCUT2D eigenvalue weighted by Gasteiger charge is 2.35. The van der Waals surface area contributed by atoms with Gasteiger partial charge in [-0.1, -0.05) is 23.2 Å². The normalized spacial score (nSPS) is 11.4. The zero-order valence-corrected chi connectivity index (χ0v) is 11.5. The van der Waals surface area contributed by atoms with E-state index in [9.17, 15) is 13.2 Å². The van der Waals surface area contributed by atoms with Crippen molar-refractivity contribution < 1.29 is 13.2 Å². The Kier molecular flexibility index (Phi) is 3.67. The number of rotatable bonds is 1. The smallest absolute Gasteiger partial charge is 0.234 e. The van der Waals surface area contributed by atoms with E-state index < -0.39 is 11.9 Å². The zero-order chi connectivity index (χ0) is 15.1. The van der Waals surface area contributed by atoms with Gasteiger partial charge >= 0.3 is 6.18 Å². The van der Waals surface area contributed by atoms with Crippen LogP contribution in [0.15, 0.2) is 18.2 Å². The van der Waals surface area contributed by atoms with E-state index in [1.54, 1.807) is 0 Å². The predicted molar refractivity (Wildman–Crippen MR) is 68.0 cm³/mol. The third-order valence-corrected chi connectivity index (χ3v) is 3.11. The summed E-state index contributed by atoms with van der Waals surface area (Å²) in [5.41, 5.74) is -0.484. The maximum Gasteiger partial charge on any atom is 0.435 e. The van der Waals surface area contributed by atoms with Crippen molar-refractivity contribution in [2.75, 3.05) is 0 Å². The monoisotopic (exact) mass is 319 g/mol. The van der Waals surface area contributed by atoms with Crippen LogP contribution >= 0.6 is 23.2 Å². The average Bonchev–Trinajstić information content (AvgIpc) is 2.70. The number of nitrogens with zero attached hydrogens (tertiary/aromatic N) is 3. The number of aryl methyl sites for hydroxylation is 1. The average molecular weight is 320 g/mol. The molecule has 0 aliphatic carbocycles. The lowest BCUT2D eigenvalue weighted by Gasteiger charge is -2.09. The summed E-state index contributed by atoms with van der Waals surface area (Å²) < 4.78 is 38.9. The lowest BCUT2D eigenvalue weighted by Crippen LogP contribution is -2.08. The zero-order valence-electron chi connectivity index (χ0n) is 9.96. The number of hydrogen-bond donors (Lipinski definition) is 0. The molecule has 0 saturated heterocycles. The highest BCUT2D eigenvalue weighted by atomic mass is 35.5. The molecular formula is C12H6Cl2F3N3. The largest absolute Gasteiger partial charge is 0.435 e. The first-order valence-electron chi connectivity index (χ1n) is 5.27. The molecule has 0 saturated carbocycles. The van der Waals surface area contributed by atoms with Gasteiger partial charge in [-0.15, -0.1) is 0 Å². The van der Waals surface area contributed by atoms with Crippen molar-refractivity contribution in [3.63, 3.8) is 0 Å². The van der Waals surface area contributed by atoms with Gasteiger partial charge in [0.15, 0.2) is 5.69 Å².